The highest BCUT2D eigenvalue weighted by molar-refractivity contribution is 7.91. The lowest BCUT2D eigenvalue weighted by atomic mass is 10.0. The van der Waals surface area contributed by atoms with Crippen molar-refractivity contribution in [2.45, 2.75) is 39.3 Å². The number of urea groups is 1. The van der Waals surface area contributed by atoms with E-state index in [2.05, 4.69) is 16.0 Å². The Balaban J connectivity index is 1.96. The van der Waals surface area contributed by atoms with Crippen LogP contribution in [0.5, 0.6) is 0 Å². The average molecular weight is 395 g/mol. The van der Waals surface area contributed by atoms with Crippen molar-refractivity contribution >= 4 is 33.2 Å². The molecule has 2 atom stereocenters. The highest BCUT2D eigenvalue weighted by Crippen LogP contribution is 2.13. The quantitative estimate of drug-likeness (QED) is 0.628. The number of sulfone groups is 1. The third kappa shape index (κ3) is 6.06. The summed E-state index contributed by atoms with van der Waals surface area (Å²) in [7, 11) is -3.10. The average Bonchev–Trinajstić information content (AvgIpc) is 2.91. The van der Waals surface area contributed by atoms with Gasteiger partial charge in [-0.1, -0.05) is 13.8 Å². The molecule has 0 unspecified atom stereocenters. The molecule has 1 aromatic rings. The summed E-state index contributed by atoms with van der Waals surface area (Å²) in [5, 5.41) is 7.93. The van der Waals surface area contributed by atoms with Crippen LogP contribution in [0.25, 0.3) is 0 Å². The van der Waals surface area contributed by atoms with Crippen LogP contribution in [0.4, 0.5) is 10.5 Å². The molecule has 8 nitrogen and oxygen atoms in total. The second kappa shape index (κ2) is 8.51. The van der Waals surface area contributed by atoms with Crippen molar-refractivity contribution in [1.82, 2.24) is 10.6 Å². The number of Topliss-reactive ketones (excluding diaryl/α,β-unsaturated/α-hetero) is 1. The first-order valence-corrected chi connectivity index (χ1v) is 10.6. The maximum absolute atomic E-state index is 12.5. The van der Waals surface area contributed by atoms with E-state index in [0.29, 0.717) is 17.7 Å². The molecular weight excluding hydrogens is 370 g/mol. The molecule has 0 aromatic heterocycles. The molecule has 1 heterocycles. The van der Waals surface area contributed by atoms with E-state index < -0.39 is 33.9 Å². The van der Waals surface area contributed by atoms with Crippen molar-refractivity contribution in [3.63, 3.8) is 0 Å². The minimum Gasteiger partial charge on any atom is -0.334 e. The number of anilines is 1. The van der Waals surface area contributed by atoms with Crippen LogP contribution in [0.2, 0.25) is 0 Å². The van der Waals surface area contributed by atoms with Gasteiger partial charge in [0.05, 0.1) is 11.5 Å². The van der Waals surface area contributed by atoms with E-state index in [4.69, 9.17) is 0 Å². The number of hydrogen-bond donors (Lipinski definition) is 3. The van der Waals surface area contributed by atoms with E-state index in [0.717, 1.165) is 0 Å². The fraction of sp³-hybridized carbons (Fsp3) is 0.500. The van der Waals surface area contributed by atoms with E-state index in [9.17, 15) is 22.8 Å². The number of carbonyl (C=O) groups is 3. The largest absolute Gasteiger partial charge is 0.334 e. The van der Waals surface area contributed by atoms with Crippen molar-refractivity contribution in [3.8, 4) is 0 Å². The number of amides is 3. The van der Waals surface area contributed by atoms with E-state index in [1.165, 1.54) is 6.92 Å². The lowest BCUT2D eigenvalue weighted by Gasteiger charge is -2.23. The van der Waals surface area contributed by atoms with Crippen LogP contribution in [-0.2, 0) is 14.6 Å². The molecule has 1 aliphatic rings. The Bertz CT molecular complexity index is 818. The summed E-state index contributed by atoms with van der Waals surface area (Å²) < 4.78 is 22.9. The Labute approximate surface area is 159 Å². The number of rotatable bonds is 6. The van der Waals surface area contributed by atoms with Gasteiger partial charge in [0, 0.05) is 17.3 Å². The molecule has 0 spiro atoms. The van der Waals surface area contributed by atoms with Gasteiger partial charge in [-0.3, -0.25) is 9.59 Å². The Hall–Kier alpha value is -2.42. The highest BCUT2D eigenvalue weighted by Gasteiger charge is 2.30. The molecule has 148 valence electrons. The standard InChI is InChI=1S/C18H25N3O5S/c1-11(2)16(21-18(24)20-15-8-9-27(25,26)10-15)17(23)19-14-6-4-13(5-7-14)12(3)22/h4-7,11,15-16H,8-10H2,1-3H3,(H,19,23)(H2,20,21,24)/t15-,16-/m0/s1. The van der Waals surface area contributed by atoms with Crippen LogP contribution in [0.15, 0.2) is 24.3 Å². The van der Waals surface area contributed by atoms with Crippen LogP contribution in [0.1, 0.15) is 37.6 Å². The molecule has 1 aliphatic heterocycles. The van der Waals surface area contributed by atoms with Gasteiger partial charge >= 0.3 is 6.03 Å². The summed E-state index contributed by atoms with van der Waals surface area (Å²) >= 11 is 0. The normalized spacial score (nSPS) is 19.3. The van der Waals surface area contributed by atoms with Gasteiger partial charge in [0.2, 0.25) is 5.91 Å². The molecule has 27 heavy (non-hydrogen) atoms. The van der Waals surface area contributed by atoms with Crippen LogP contribution >= 0.6 is 0 Å². The Morgan fingerprint density at radius 2 is 1.74 bits per heavy atom. The summed E-state index contributed by atoms with van der Waals surface area (Å²) in [5.74, 6) is -0.668. The lowest BCUT2D eigenvalue weighted by molar-refractivity contribution is -0.118. The summed E-state index contributed by atoms with van der Waals surface area (Å²) in [6.45, 7) is 5.05. The van der Waals surface area contributed by atoms with Crippen molar-refractivity contribution in [3.05, 3.63) is 29.8 Å². The zero-order valence-electron chi connectivity index (χ0n) is 15.6. The predicted octanol–water partition coefficient (Wildman–Crippen LogP) is 1.34. The number of ketones is 1. The first kappa shape index (κ1) is 20.9. The van der Waals surface area contributed by atoms with Gasteiger partial charge < -0.3 is 16.0 Å². The fourth-order valence-electron chi connectivity index (χ4n) is 2.82. The van der Waals surface area contributed by atoms with Crippen molar-refractivity contribution in [1.29, 1.82) is 0 Å². The summed E-state index contributed by atoms with van der Waals surface area (Å²) in [6.07, 6.45) is 0.372. The lowest BCUT2D eigenvalue weighted by Crippen LogP contribution is -2.52. The molecule has 0 aliphatic carbocycles. The first-order chi connectivity index (χ1) is 12.6. The molecule has 2 rings (SSSR count). The van der Waals surface area contributed by atoms with Gasteiger partial charge in [-0.25, -0.2) is 13.2 Å². The summed E-state index contributed by atoms with van der Waals surface area (Å²) in [4.78, 5) is 36.0. The smallest absolute Gasteiger partial charge is 0.315 e. The fourth-order valence-corrected chi connectivity index (χ4v) is 4.49. The molecule has 3 amide bonds. The Morgan fingerprint density at radius 3 is 2.22 bits per heavy atom. The predicted molar refractivity (Wildman–Crippen MR) is 102 cm³/mol. The van der Waals surface area contributed by atoms with Gasteiger partial charge in [-0.15, -0.1) is 0 Å². The summed E-state index contributed by atoms with van der Waals surface area (Å²) in [5.41, 5.74) is 1.05. The number of benzene rings is 1. The maximum Gasteiger partial charge on any atom is 0.315 e. The molecule has 3 N–H and O–H groups in total. The number of hydrogen-bond acceptors (Lipinski definition) is 5. The third-order valence-electron chi connectivity index (χ3n) is 4.36. The van der Waals surface area contributed by atoms with Crippen LogP contribution in [-0.4, -0.2) is 49.7 Å². The number of nitrogens with one attached hydrogen (secondary N) is 3. The minimum absolute atomic E-state index is 0.0578. The topological polar surface area (TPSA) is 121 Å². The Kier molecular flexibility index (Phi) is 6.59. The molecule has 9 heteroatoms. The van der Waals surface area contributed by atoms with E-state index >= 15 is 0 Å². The SMILES string of the molecule is CC(=O)c1ccc(NC(=O)[C@@H](NC(=O)N[C@H]2CCS(=O)(=O)C2)C(C)C)cc1. The van der Waals surface area contributed by atoms with Crippen LogP contribution in [0, 0.1) is 5.92 Å². The third-order valence-corrected chi connectivity index (χ3v) is 6.13. The molecule has 0 radical (unpaired) electrons. The zero-order valence-corrected chi connectivity index (χ0v) is 16.4. The molecular formula is C18H25N3O5S. The van der Waals surface area contributed by atoms with Gasteiger partial charge in [0.1, 0.15) is 6.04 Å². The highest BCUT2D eigenvalue weighted by atomic mass is 32.2. The molecule has 1 aromatic carbocycles. The summed E-state index contributed by atoms with van der Waals surface area (Å²) in [6, 6.07) is 4.66. The Morgan fingerprint density at radius 1 is 1.11 bits per heavy atom. The molecule has 1 fully saturated rings. The van der Waals surface area contributed by atoms with Gasteiger partial charge in [-0.2, -0.15) is 0 Å². The van der Waals surface area contributed by atoms with E-state index in [-0.39, 0.29) is 23.2 Å². The van der Waals surface area contributed by atoms with Gasteiger partial charge in [0.15, 0.2) is 15.6 Å². The van der Waals surface area contributed by atoms with E-state index in [1.807, 2.05) is 0 Å². The van der Waals surface area contributed by atoms with Crippen LogP contribution in [0.3, 0.4) is 0 Å². The van der Waals surface area contributed by atoms with Crippen molar-refractivity contribution in [2.75, 3.05) is 16.8 Å². The molecule has 0 bridgehead atoms. The molecule has 1 saturated heterocycles. The second-order valence-electron chi connectivity index (χ2n) is 7.06. The van der Waals surface area contributed by atoms with Crippen LogP contribution < -0.4 is 16.0 Å². The molecule has 0 saturated carbocycles. The van der Waals surface area contributed by atoms with Crippen molar-refractivity contribution in [2.24, 2.45) is 5.92 Å². The van der Waals surface area contributed by atoms with Gasteiger partial charge in [-0.05, 0) is 43.5 Å². The maximum atomic E-state index is 12.5. The van der Waals surface area contributed by atoms with E-state index in [1.54, 1.807) is 38.1 Å². The minimum atomic E-state index is -3.10. The monoisotopic (exact) mass is 395 g/mol. The first-order valence-electron chi connectivity index (χ1n) is 8.76. The second-order valence-corrected chi connectivity index (χ2v) is 9.29. The van der Waals surface area contributed by atoms with Crippen molar-refractivity contribution < 1.29 is 22.8 Å². The zero-order chi connectivity index (χ0) is 20.2. The number of carbonyl (C=O) groups excluding carboxylic acids is 3. The van der Waals surface area contributed by atoms with Gasteiger partial charge in [0.25, 0.3) is 0 Å².